The fourth-order valence-electron chi connectivity index (χ4n) is 2.29. The van der Waals surface area contributed by atoms with Crippen molar-refractivity contribution in [1.29, 1.82) is 0 Å². The maximum Gasteiger partial charge on any atom is 0.335 e. The number of carboxylic acid groups (broad SMARTS) is 1. The third-order valence-corrected chi connectivity index (χ3v) is 3.35. The summed E-state index contributed by atoms with van der Waals surface area (Å²) in [6.07, 6.45) is 3.31. The summed E-state index contributed by atoms with van der Waals surface area (Å²) in [6, 6.07) is 8.42. The van der Waals surface area contributed by atoms with E-state index in [1.165, 1.54) is 13.0 Å². The molecule has 23 heavy (non-hydrogen) atoms. The van der Waals surface area contributed by atoms with Gasteiger partial charge in [0.1, 0.15) is 0 Å². The predicted octanol–water partition coefficient (Wildman–Crippen LogP) is 4.16. The van der Waals surface area contributed by atoms with E-state index >= 15 is 0 Å². The molecule has 0 atom stereocenters. The smallest absolute Gasteiger partial charge is 0.335 e. The van der Waals surface area contributed by atoms with Gasteiger partial charge in [-0.25, -0.2) is 4.79 Å². The molecule has 0 fully saturated rings. The molecule has 0 saturated carbocycles. The molecule has 0 aliphatic heterocycles. The third-order valence-electron chi connectivity index (χ3n) is 3.35. The van der Waals surface area contributed by atoms with Crippen molar-refractivity contribution in [2.24, 2.45) is 0 Å². The van der Waals surface area contributed by atoms with Gasteiger partial charge in [0.2, 0.25) is 0 Å². The lowest BCUT2D eigenvalue weighted by Gasteiger charge is -2.04. The summed E-state index contributed by atoms with van der Waals surface area (Å²) in [6.45, 7) is 5.49. The molecule has 5 nitrogen and oxygen atoms in total. The van der Waals surface area contributed by atoms with Crippen LogP contribution in [-0.4, -0.2) is 26.8 Å². The molecule has 2 N–H and O–H groups in total. The number of carboxylic acids is 1. The molecule has 0 bridgehead atoms. The van der Waals surface area contributed by atoms with Crippen LogP contribution in [0, 0.1) is 0 Å². The summed E-state index contributed by atoms with van der Waals surface area (Å²) in [5.74, 6) is -1.04. The van der Waals surface area contributed by atoms with Crippen LogP contribution in [0.25, 0.3) is 22.0 Å². The van der Waals surface area contributed by atoms with Gasteiger partial charge in [0.15, 0.2) is 5.78 Å². The van der Waals surface area contributed by atoms with Crippen LogP contribution < -0.4 is 0 Å². The number of aromatic carboxylic acids is 1. The normalized spacial score (nSPS) is 10.0. The molecule has 0 aliphatic rings. The minimum atomic E-state index is -0.976. The molecule has 0 aliphatic carbocycles. The first kappa shape index (κ1) is 16.4. The Kier molecular flexibility index (Phi) is 4.91. The number of benzene rings is 1. The fraction of sp³-hybridized carbons (Fsp3) is 0.167. The lowest BCUT2D eigenvalue weighted by atomic mass is 10.0. The molecule has 118 valence electrons. The van der Waals surface area contributed by atoms with Gasteiger partial charge in [0.05, 0.1) is 23.0 Å². The molecule has 0 radical (unpaired) electrons. The van der Waals surface area contributed by atoms with E-state index in [9.17, 15) is 9.59 Å². The van der Waals surface area contributed by atoms with Crippen molar-refractivity contribution >= 4 is 22.7 Å². The number of hydrogen-bond donors (Lipinski definition) is 2. The maximum atomic E-state index is 11.5. The summed E-state index contributed by atoms with van der Waals surface area (Å²) in [5, 5.41) is 9.93. The number of Topliss-reactive ketones (excluding diaryl/α,β-unsaturated/α-hetero) is 1. The van der Waals surface area contributed by atoms with Crippen LogP contribution in [0.3, 0.4) is 0 Å². The van der Waals surface area contributed by atoms with Gasteiger partial charge in [-0.2, -0.15) is 0 Å². The first-order valence-electron chi connectivity index (χ1n) is 7.37. The van der Waals surface area contributed by atoms with Crippen molar-refractivity contribution in [2.45, 2.75) is 20.8 Å². The SMILES string of the molecule is CC.CC(=O)c1cc2c(-c3cccc(C(=O)O)c3)cncc2[nH]1. The summed E-state index contributed by atoms with van der Waals surface area (Å²) in [7, 11) is 0. The molecule has 2 heterocycles. The second kappa shape index (κ2) is 6.87. The van der Waals surface area contributed by atoms with Crippen LogP contribution in [0.5, 0.6) is 0 Å². The predicted molar refractivity (Wildman–Crippen MR) is 89.8 cm³/mol. The molecule has 2 aromatic heterocycles. The number of ketones is 1. The highest BCUT2D eigenvalue weighted by atomic mass is 16.4. The molecule has 3 aromatic rings. The first-order chi connectivity index (χ1) is 11.1. The van der Waals surface area contributed by atoms with Crippen LogP contribution in [0.15, 0.2) is 42.7 Å². The quantitative estimate of drug-likeness (QED) is 0.712. The zero-order chi connectivity index (χ0) is 17.0. The number of fused-ring (bicyclic) bond motifs is 1. The minimum Gasteiger partial charge on any atom is -0.478 e. The van der Waals surface area contributed by atoms with Crippen molar-refractivity contribution in [3.63, 3.8) is 0 Å². The first-order valence-corrected chi connectivity index (χ1v) is 7.37. The Balaban J connectivity index is 0.000000924. The summed E-state index contributed by atoms with van der Waals surface area (Å²) >= 11 is 0. The van der Waals surface area contributed by atoms with E-state index in [1.54, 1.807) is 30.6 Å². The molecule has 0 saturated heterocycles. The van der Waals surface area contributed by atoms with Gasteiger partial charge >= 0.3 is 5.97 Å². The number of rotatable bonds is 3. The van der Waals surface area contributed by atoms with Crippen molar-refractivity contribution in [2.75, 3.05) is 0 Å². The molecule has 0 amide bonds. The molecule has 0 spiro atoms. The van der Waals surface area contributed by atoms with Crippen LogP contribution in [0.2, 0.25) is 0 Å². The zero-order valence-electron chi connectivity index (χ0n) is 13.3. The van der Waals surface area contributed by atoms with E-state index in [2.05, 4.69) is 9.97 Å². The van der Waals surface area contributed by atoms with Gasteiger partial charge in [-0.15, -0.1) is 0 Å². The van der Waals surface area contributed by atoms with Crippen molar-refractivity contribution in [1.82, 2.24) is 9.97 Å². The van der Waals surface area contributed by atoms with Crippen molar-refractivity contribution < 1.29 is 14.7 Å². The number of carbonyl (C=O) groups excluding carboxylic acids is 1. The van der Waals surface area contributed by atoms with Gasteiger partial charge in [-0.05, 0) is 23.8 Å². The fourth-order valence-corrected chi connectivity index (χ4v) is 2.29. The Bertz CT molecular complexity index is 866. The van der Waals surface area contributed by atoms with Crippen molar-refractivity contribution in [3.8, 4) is 11.1 Å². The second-order valence-corrected chi connectivity index (χ2v) is 4.77. The third kappa shape index (κ3) is 3.29. The van der Waals surface area contributed by atoms with Gasteiger partial charge in [-0.3, -0.25) is 9.78 Å². The molecular formula is C18H18N2O3. The highest BCUT2D eigenvalue weighted by Crippen LogP contribution is 2.29. The van der Waals surface area contributed by atoms with Gasteiger partial charge in [0.25, 0.3) is 0 Å². The van der Waals surface area contributed by atoms with E-state index in [0.29, 0.717) is 5.69 Å². The highest BCUT2D eigenvalue weighted by Gasteiger charge is 2.11. The average Bonchev–Trinajstić information content (AvgIpc) is 3.01. The largest absolute Gasteiger partial charge is 0.478 e. The molecule has 5 heteroatoms. The summed E-state index contributed by atoms with van der Waals surface area (Å²) in [5.41, 5.74) is 3.01. The average molecular weight is 310 g/mol. The topological polar surface area (TPSA) is 83.1 Å². The van der Waals surface area contributed by atoms with Crippen molar-refractivity contribution in [3.05, 3.63) is 54.0 Å². The Hall–Kier alpha value is -2.95. The lowest BCUT2D eigenvalue weighted by Crippen LogP contribution is -1.95. The van der Waals surface area contributed by atoms with E-state index in [4.69, 9.17) is 5.11 Å². The van der Waals surface area contributed by atoms with Crippen LogP contribution in [0.4, 0.5) is 0 Å². The zero-order valence-corrected chi connectivity index (χ0v) is 13.3. The Morgan fingerprint density at radius 1 is 1.13 bits per heavy atom. The van der Waals surface area contributed by atoms with E-state index < -0.39 is 5.97 Å². The monoisotopic (exact) mass is 310 g/mol. The number of pyridine rings is 1. The number of aromatic amines is 1. The Labute approximate surface area is 134 Å². The number of nitrogens with zero attached hydrogens (tertiary/aromatic N) is 1. The lowest BCUT2D eigenvalue weighted by molar-refractivity contribution is 0.0696. The number of aromatic nitrogens is 2. The van der Waals surface area contributed by atoms with Crippen LogP contribution in [0.1, 0.15) is 41.6 Å². The molecular weight excluding hydrogens is 292 g/mol. The van der Waals surface area contributed by atoms with E-state index in [1.807, 2.05) is 19.9 Å². The van der Waals surface area contributed by atoms with Gasteiger partial charge in [0, 0.05) is 24.1 Å². The highest BCUT2D eigenvalue weighted by molar-refractivity contribution is 6.02. The van der Waals surface area contributed by atoms with Gasteiger partial charge < -0.3 is 10.1 Å². The van der Waals surface area contributed by atoms with E-state index in [-0.39, 0.29) is 11.3 Å². The molecule has 1 aromatic carbocycles. The molecule has 3 rings (SSSR count). The molecule has 0 unspecified atom stereocenters. The van der Waals surface area contributed by atoms with Crippen LogP contribution >= 0.6 is 0 Å². The van der Waals surface area contributed by atoms with Crippen LogP contribution in [-0.2, 0) is 0 Å². The number of H-pyrrole nitrogens is 1. The maximum absolute atomic E-state index is 11.5. The second-order valence-electron chi connectivity index (χ2n) is 4.77. The number of nitrogens with one attached hydrogen (secondary N) is 1. The van der Waals surface area contributed by atoms with Gasteiger partial charge in [-0.1, -0.05) is 26.0 Å². The Morgan fingerprint density at radius 2 is 1.87 bits per heavy atom. The Morgan fingerprint density at radius 3 is 2.52 bits per heavy atom. The number of hydrogen-bond acceptors (Lipinski definition) is 3. The summed E-state index contributed by atoms with van der Waals surface area (Å²) in [4.78, 5) is 29.7. The minimum absolute atomic E-state index is 0.0589. The summed E-state index contributed by atoms with van der Waals surface area (Å²) < 4.78 is 0. The van der Waals surface area contributed by atoms with E-state index in [0.717, 1.165) is 22.0 Å². The number of carbonyl (C=O) groups is 2. The standard InChI is InChI=1S/C16H12N2O3.C2H6/c1-9(19)14-6-12-13(7-17-8-15(12)18-14)10-3-2-4-11(5-10)16(20)21;1-2/h2-8,18H,1H3,(H,20,21);1-2H3.